The number of benzene rings is 1. The van der Waals surface area contributed by atoms with E-state index in [0.29, 0.717) is 5.56 Å². The molecule has 5 heteroatoms. The topological polar surface area (TPSA) is 46.7 Å². The van der Waals surface area contributed by atoms with Crippen molar-refractivity contribution in [1.29, 1.82) is 5.26 Å². The molecule has 0 bridgehead atoms. The molecule has 4 nitrogen and oxygen atoms in total. The molecule has 1 aromatic carbocycles. The normalized spacial score (nSPS) is 32.3. The van der Waals surface area contributed by atoms with Crippen LogP contribution in [0.2, 0.25) is 0 Å². The van der Waals surface area contributed by atoms with Crippen LogP contribution in [0.1, 0.15) is 5.56 Å². The summed E-state index contributed by atoms with van der Waals surface area (Å²) >= 11 is 0. The first-order valence-corrected chi connectivity index (χ1v) is 5.63. The van der Waals surface area contributed by atoms with Crippen LogP contribution in [-0.2, 0) is 9.31 Å². The second-order valence-electron chi connectivity index (χ2n) is 4.35. The molecular weight excluding hydrogens is 203 g/mol. The van der Waals surface area contributed by atoms with Gasteiger partial charge in [0.05, 0.1) is 37.9 Å². The van der Waals surface area contributed by atoms with Gasteiger partial charge in [-0.3, -0.25) is 0 Å². The number of rotatable bonds is 1. The van der Waals surface area contributed by atoms with Gasteiger partial charge in [-0.15, -0.1) is 0 Å². The van der Waals surface area contributed by atoms with E-state index in [9.17, 15) is 0 Å². The van der Waals surface area contributed by atoms with Crippen LogP contribution in [-0.4, -0.2) is 33.0 Å². The molecule has 0 saturated carbocycles. The molecule has 0 radical (unpaired) electrons. The number of fused-ring (bicyclic) bond motifs is 1. The minimum Gasteiger partial charge on any atom is -0.505 e. The van der Waals surface area contributed by atoms with Gasteiger partial charge in [-0.1, -0.05) is 17.6 Å². The highest BCUT2D eigenvalue weighted by molar-refractivity contribution is 6.74. The maximum Gasteiger partial charge on any atom is 0.501 e. The molecule has 0 amide bonds. The Morgan fingerprint density at radius 1 is 1.12 bits per heavy atom. The van der Waals surface area contributed by atoms with Crippen molar-refractivity contribution in [2.75, 3.05) is 26.3 Å². The smallest absolute Gasteiger partial charge is 0.501 e. The van der Waals surface area contributed by atoms with Crippen molar-refractivity contribution in [2.24, 2.45) is 0 Å². The molecule has 1 aromatic rings. The lowest BCUT2D eigenvalue weighted by molar-refractivity contribution is -0.781. The van der Waals surface area contributed by atoms with E-state index in [1.54, 1.807) is 0 Å². The van der Waals surface area contributed by atoms with E-state index in [-0.39, 0.29) is 0 Å². The highest BCUT2D eigenvalue weighted by Gasteiger charge is 2.50. The predicted octanol–water partition coefficient (Wildman–Crippen LogP) is -1.35. The fraction of sp³-hybridized carbons (Fsp3) is 0.364. The van der Waals surface area contributed by atoms with E-state index in [4.69, 9.17) is 14.6 Å². The Morgan fingerprint density at radius 2 is 1.75 bits per heavy atom. The van der Waals surface area contributed by atoms with Crippen LogP contribution in [0.25, 0.3) is 0 Å². The number of nitrogens with one attached hydrogen (secondary N) is 1. The molecule has 0 atom stereocenters. The van der Waals surface area contributed by atoms with Crippen molar-refractivity contribution < 1.29 is 14.1 Å². The van der Waals surface area contributed by atoms with Crippen LogP contribution < -0.4 is 10.3 Å². The highest BCUT2D eigenvalue weighted by atomic mass is 16.6. The Balaban J connectivity index is 1.99. The third kappa shape index (κ3) is 1.28. The first kappa shape index (κ1) is 9.85. The number of hydrogen-bond donors (Lipinski definition) is 1. The molecule has 16 heavy (non-hydrogen) atoms. The number of nitrogens with zero attached hydrogens (tertiary/aromatic N) is 1. The van der Waals surface area contributed by atoms with E-state index >= 15 is 0 Å². The van der Waals surface area contributed by atoms with Gasteiger partial charge in [0, 0.05) is 0 Å². The van der Waals surface area contributed by atoms with Crippen LogP contribution >= 0.6 is 0 Å². The average molecular weight is 216 g/mol. The average Bonchev–Trinajstić information content (AvgIpc) is 2.88. The fourth-order valence-electron chi connectivity index (χ4n) is 2.74. The molecule has 0 aromatic heterocycles. The molecule has 82 valence electrons. The molecule has 0 unspecified atom stereocenters. The molecular formula is C11H13BN2O2. The van der Waals surface area contributed by atoms with Crippen molar-refractivity contribution in [3.05, 3.63) is 29.8 Å². The lowest BCUT2D eigenvalue weighted by Crippen LogP contribution is -3.21. The molecule has 0 aliphatic carbocycles. The maximum atomic E-state index is 8.77. The van der Waals surface area contributed by atoms with Gasteiger partial charge in [0.25, 0.3) is 0 Å². The summed E-state index contributed by atoms with van der Waals surface area (Å²) in [6.45, 7) is 2.22. The third-order valence-corrected chi connectivity index (χ3v) is 3.57. The summed E-state index contributed by atoms with van der Waals surface area (Å²) in [6.07, 6.45) is 0. The van der Waals surface area contributed by atoms with Crippen molar-refractivity contribution in [1.82, 2.24) is 0 Å². The second kappa shape index (κ2) is 3.60. The minimum atomic E-state index is -1.32. The Bertz CT molecular complexity index is 430. The highest BCUT2D eigenvalue weighted by Crippen LogP contribution is 2.09. The van der Waals surface area contributed by atoms with E-state index in [1.165, 1.54) is 4.81 Å². The Morgan fingerprint density at radius 3 is 2.31 bits per heavy atom. The molecule has 2 saturated heterocycles. The quantitative estimate of drug-likeness (QED) is 0.590. The largest absolute Gasteiger partial charge is 0.505 e. The first-order chi connectivity index (χ1) is 7.85. The van der Waals surface area contributed by atoms with Crippen LogP contribution in [0.3, 0.4) is 0 Å². The van der Waals surface area contributed by atoms with E-state index in [0.717, 1.165) is 31.8 Å². The van der Waals surface area contributed by atoms with Crippen LogP contribution in [0.15, 0.2) is 24.3 Å². The van der Waals surface area contributed by atoms with E-state index in [1.807, 2.05) is 24.3 Å². The molecule has 2 fully saturated rings. The van der Waals surface area contributed by atoms with Crippen molar-refractivity contribution in [3.63, 3.8) is 0 Å². The SMILES string of the molecule is N#Cc1ccc([B-]23OCC[NH+]2CCO3)cc1. The molecule has 2 heterocycles. The zero-order chi connectivity index (χ0) is 11.0. The van der Waals surface area contributed by atoms with Gasteiger partial charge in [0.15, 0.2) is 0 Å². The van der Waals surface area contributed by atoms with Crippen molar-refractivity contribution in [3.8, 4) is 6.07 Å². The number of hydrogen-bond acceptors (Lipinski definition) is 3. The van der Waals surface area contributed by atoms with Crippen LogP contribution in [0.4, 0.5) is 0 Å². The minimum absolute atomic E-state index is 0.675. The molecule has 3 rings (SSSR count). The lowest BCUT2D eigenvalue weighted by Gasteiger charge is -2.31. The summed E-state index contributed by atoms with van der Waals surface area (Å²) < 4.78 is 11.7. The summed E-state index contributed by atoms with van der Waals surface area (Å²) in [5, 5.41) is 8.77. The molecule has 2 aliphatic rings. The van der Waals surface area contributed by atoms with Gasteiger partial charge in [0.2, 0.25) is 0 Å². The monoisotopic (exact) mass is 216 g/mol. The summed E-state index contributed by atoms with van der Waals surface area (Å²) in [7, 11) is 0. The summed E-state index contributed by atoms with van der Waals surface area (Å²) in [5.74, 6) is 0. The van der Waals surface area contributed by atoms with E-state index in [2.05, 4.69) is 6.07 Å². The van der Waals surface area contributed by atoms with Crippen molar-refractivity contribution >= 4 is 12.1 Å². The van der Waals surface area contributed by atoms with Gasteiger partial charge in [-0.2, -0.15) is 5.26 Å². The third-order valence-electron chi connectivity index (χ3n) is 3.57. The van der Waals surface area contributed by atoms with Gasteiger partial charge < -0.3 is 14.1 Å². The summed E-state index contributed by atoms with van der Waals surface area (Å²) in [4.78, 5) is 1.39. The van der Waals surface area contributed by atoms with Gasteiger partial charge in [-0.25, -0.2) is 0 Å². The summed E-state index contributed by atoms with van der Waals surface area (Å²) in [6, 6.07) is 9.68. The van der Waals surface area contributed by atoms with Crippen LogP contribution in [0, 0.1) is 11.3 Å². The number of quaternary nitrogens is 1. The summed E-state index contributed by atoms with van der Waals surface area (Å²) in [5.41, 5.74) is 1.75. The molecule has 0 spiro atoms. The second-order valence-corrected chi connectivity index (χ2v) is 4.35. The lowest BCUT2D eigenvalue weighted by atomic mass is 9.63. The van der Waals surface area contributed by atoms with Crippen LogP contribution in [0.5, 0.6) is 0 Å². The molecule has 2 aliphatic heterocycles. The first-order valence-electron chi connectivity index (χ1n) is 5.63. The Kier molecular flexibility index (Phi) is 2.21. The Hall–Kier alpha value is -1.35. The Labute approximate surface area is 94.4 Å². The van der Waals surface area contributed by atoms with Crippen molar-refractivity contribution in [2.45, 2.75) is 0 Å². The maximum absolute atomic E-state index is 8.77. The molecule has 1 N–H and O–H groups in total. The predicted molar refractivity (Wildman–Crippen MR) is 59.1 cm³/mol. The van der Waals surface area contributed by atoms with Gasteiger partial charge in [-0.05, 0) is 12.1 Å². The van der Waals surface area contributed by atoms with Gasteiger partial charge >= 0.3 is 6.69 Å². The fourth-order valence-corrected chi connectivity index (χ4v) is 2.74. The van der Waals surface area contributed by atoms with Gasteiger partial charge in [0.1, 0.15) is 0 Å². The zero-order valence-corrected chi connectivity index (χ0v) is 8.98. The zero-order valence-electron chi connectivity index (χ0n) is 8.98. The standard InChI is InChI=1S/C11H13BN2O2/c13-9-10-1-3-11(4-2-10)12-14(5-7-15-12)6-8-16-12/h1-4,14H,5-8H2. The number of nitriles is 1. The van der Waals surface area contributed by atoms with E-state index < -0.39 is 6.69 Å².